The second-order valence-corrected chi connectivity index (χ2v) is 3.18. The summed E-state index contributed by atoms with van der Waals surface area (Å²) in [5.74, 6) is 0.325. The Balaban J connectivity index is 2.66. The van der Waals surface area contributed by atoms with Crippen LogP contribution in [0.25, 0.3) is 0 Å². The second-order valence-electron chi connectivity index (χ2n) is 3.18. The predicted octanol–water partition coefficient (Wildman–Crippen LogP) is 0.263. The number of ether oxygens (including phenoxy) is 1. The highest BCUT2D eigenvalue weighted by Crippen LogP contribution is 2.08. The van der Waals surface area contributed by atoms with E-state index in [9.17, 15) is 4.79 Å². The number of nitrogens with two attached hydrogens (primary N) is 1. The zero-order valence-electron chi connectivity index (χ0n) is 8.93. The molecule has 0 aliphatic heterocycles. The normalized spacial score (nSPS) is 10.0. The van der Waals surface area contributed by atoms with Gasteiger partial charge in [0, 0.05) is 26.9 Å². The smallest absolute Gasteiger partial charge is 0.250 e. The molecule has 0 saturated heterocycles. The molecule has 5 nitrogen and oxygen atoms in total. The molecule has 82 valence electrons. The van der Waals surface area contributed by atoms with Gasteiger partial charge in [-0.2, -0.15) is 0 Å². The van der Waals surface area contributed by atoms with Crippen LogP contribution in [0.1, 0.15) is 10.4 Å². The first kappa shape index (κ1) is 11.5. The SMILES string of the molecule is COCCN(C)c1ccc(C(N)=O)cn1. The number of amides is 1. The van der Waals surface area contributed by atoms with Gasteiger partial charge in [-0.15, -0.1) is 0 Å². The molecule has 2 N–H and O–H groups in total. The number of pyridine rings is 1. The lowest BCUT2D eigenvalue weighted by Gasteiger charge is -2.17. The van der Waals surface area contributed by atoms with Gasteiger partial charge in [0.25, 0.3) is 0 Å². The van der Waals surface area contributed by atoms with Crippen LogP contribution in [0.3, 0.4) is 0 Å². The Hall–Kier alpha value is -1.62. The van der Waals surface area contributed by atoms with Crippen LogP contribution in [-0.4, -0.2) is 38.2 Å². The minimum Gasteiger partial charge on any atom is -0.383 e. The van der Waals surface area contributed by atoms with Gasteiger partial charge in [0.15, 0.2) is 0 Å². The molecule has 0 spiro atoms. The molecule has 0 radical (unpaired) electrons. The number of hydrogen-bond acceptors (Lipinski definition) is 4. The first-order valence-electron chi connectivity index (χ1n) is 4.61. The van der Waals surface area contributed by atoms with Crippen LogP contribution in [-0.2, 0) is 4.74 Å². The first-order valence-corrected chi connectivity index (χ1v) is 4.61. The molecule has 1 heterocycles. The van der Waals surface area contributed by atoms with E-state index in [0.29, 0.717) is 12.2 Å². The van der Waals surface area contributed by atoms with E-state index in [4.69, 9.17) is 10.5 Å². The van der Waals surface area contributed by atoms with E-state index >= 15 is 0 Å². The van der Waals surface area contributed by atoms with Gasteiger partial charge in [0.05, 0.1) is 12.2 Å². The minimum absolute atomic E-state index is 0.416. The van der Waals surface area contributed by atoms with E-state index in [1.807, 2.05) is 11.9 Å². The number of anilines is 1. The molecular weight excluding hydrogens is 194 g/mol. The van der Waals surface area contributed by atoms with Gasteiger partial charge < -0.3 is 15.4 Å². The van der Waals surface area contributed by atoms with E-state index < -0.39 is 5.91 Å². The summed E-state index contributed by atoms with van der Waals surface area (Å²) >= 11 is 0. The lowest BCUT2D eigenvalue weighted by Crippen LogP contribution is -2.23. The fourth-order valence-electron chi connectivity index (χ4n) is 1.10. The molecule has 1 aromatic heterocycles. The van der Waals surface area contributed by atoms with Crippen molar-refractivity contribution in [1.82, 2.24) is 4.98 Å². The quantitative estimate of drug-likeness (QED) is 0.755. The molecule has 0 aliphatic rings. The van der Waals surface area contributed by atoms with Gasteiger partial charge in [-0.1, -0.05) is 0 Å². The lowest BCUT2D eigenvalue weighted by molar-refractivity contribution is 0.1000. The average molecular weight is 209 g/mol. The molecule has 15 heavy (non-hydrogen) atoms. The molecular formula is C10H15N3O2. The molecule has 0 bridgehead atoms. The highest BCUT2D eigenvalue weighted by Gasteiger charge is 2.04. The molecule has 0 aromatic carbocycles. The van der Waals surface area contributed by atoms with Gasteiger partial charge in [-0.3, -0.25) is 4.79 Å². The van der Waals surface area contributed by atoms with E-state index in [1.54, 1.807) is 19.2 Å². The fourth-order valence-corrected chi connectivity index (χ4v) is 1.10. The topological polar surface area (TPSA) is 68.5 Å². The predicted molar refractivity (Wildman–Crippen MR) is 57.9 cm³/mol. The number of carbonyl (C=O) groups excluding carboxylic acids is 1. The van der Waals surface area contributed by atoms with Crippen LogP contribution in [0.5, 0.6) is 0 Å². The van der Waals surface area contributed by atoms with Crippen LogP contribution < -0.4 is 10.6 Å². The third kappa shape index (κ3) is 3.21. The summed E-state index contributed by atoms with van der Waals surface area (Å²) in [6, 6.07) is 3.42. The Bertz CT molecular complexity index is 324. The van der Waals surface area contributed by atoms with Crippen molar-refractivity contribution < 1.29 is 9.53 Å². The lowest BCUT2D eigenvalue weighted by atomic mass is 10.2. The number of rotatable bonds is 5. The Morgan fingerprint density at radius 3 is 2.80 bits per heavy atom. The van der Waals surface area contributed by atoms with Crippen LogP contribution in [0.2, 0.25) is 0 Å². The molecule has 0 fully saturated rings. The van der Waals surface area contributed by atoms with Gasteiger partial charge >= 0.3 is 0 Å². The largest absolute Gasteiger partial charge is 0.383 e. The monoisotopic (exact) mass is 209 g/mol. The van der Waals surface area contributed by atoms with Gasteiger partial charge in [-0.05, 0) is 12.1 Å². The Morgan fingerprint density at radius 2 is 2.33 bits per heavy atom. The number of likely N-dealkylation sites (N-methyl/N-ethyl adjacent to an activating group) is 1. The van der Waals surface area contributed by atoms with E-state index in [0.717, 1.165) is 12.4 Å². The zero-order chi connectivity index (χ0) is 11.3. The van der Waals surface area contributed by atoms with Gasteiger partial charge in [0.2, 0.25) is 5.91 Å². The summed E-state index contributed by atoms with van der Waals surface area (Å²) < 4.78 is 4.95. The van der Waals surface area contributed by atoms with Crippen LogP contribution in [0, 0.1) is 0 Å². The molecule has 1 rings (SSSR count). The number of aromatic nitrogens is 1. The molecule has 5 heteroatoms. The minimum atomic E-state index is -0.464. The van der Waals surface area contributed by atoms with Crippen molar-refractivity contribution in [3.8, 4) is 0 Å². The first-order chi connectivity index (χ1) is 7.15. The average Bonchev–Trinajstić information content (AvgIpc) is 2.26. The summed E-state index contributed by atoms with van der Waals surface area (Å²) in [5, 5.41) is 0. The summed E-state index contributed by atoms with van der Waals surface area (Å²) in [6.45, 7) is 1.38. The van der Waals surface area contributed by atoms with Crippen molar-refractivity contribution in [2.45, 2.75) is 0 Å². The third-order valence-corrected chi connectivity index (χ3v) is 2.05. The fraction of sp³-hybridized carbons (Fsp3) is 0.400. The highest BCUT2D eigenvalue weighted by atomic mass is 16.5. The molecule has 0 unspecified atom stereocenters. The molecule has 0 saturated carbocycles. The standard InChI is InChI=1S/C10H15N3O2/c1-13(5-6-15-2)9-4-3-8(7-12-9)10(11)14/h3-4,7H,5-6H2,1-2H3,(H2,11,14). The van der Waals surface area contributed by atoms with E-state index in [1.165, 1.54) is 6.20 Å². The summed E-state index contributed by atoms with van der Waals surface area (Å²) in [5.41, 5.74) is 5.52. The van der Waals surface area contributed by atoms with Crippen LogP contribution >= 0.6 is 0 Å². The highest BCUT2D eigenvalue weighted by molar-refractivity contribution is 5.92. The number of carbonyl (C=O) groups is 1. The Labute approximate surface area is 88.9 Å². The molecule has 1 aromatic rings. The van der Waals surface area contributed by atoms with Gasteiger partial charge in [0.1, 0.15) is 5.82 Å². The van der Waals surface area contributed by atoms with Crippen molar-refractivity contribution in [3.63, 3.8) is 0 Å². The maximum Gasteiger partial charge on any atom is 0.250 e. The third-order valence-electron chi connectivity index (χ3n) is 2.05. The van der Waals surface area contributed by atoms with E-state index in [-0.39, 0.29) is 0 Å². The molecule has 0 aliphatic carbocycles. The van der Waals surface area contributed by atoms with Crippen molar-refractivity contribution >= 4 is 11.7 Å². The number of nitrogens with zero attached hydrogens (tertiary/aromatic N) is 2. The van der Waals surface area contributed by atoms with Crippen molar-refractivity contribution in [2.24, 2.45) is 5.73 Å². The van der Waals surface area contributed by atoms with Crippen molar-refractivity contribution in [2.75, 3.05) is 32.2 Å². The van der Waals surface area contributed by atoms with Crippen LogP contribution in [0.4, 0.5) is 5.82 Å². The summed E-state index contributed by atoms with van der Waals surface area (Å²) in [4.78, 5) is 16.9. The van der Waals surface area contributed by atoms with Crippen LogP contribution in [0.15, 0.2) is 18.3 Å². The van der Waals surface area contributed by atoms with Gasteiger partial charge in [-0.25, -0.2) is 4.98 Å². The number of hydrogen-bond donors (Lipinski definition) is 1. The number of primary amides is 1. The summed E-state index contributed by atoms with van der Waals surface area (Å²) in [6.07, 6.45) is 1.47. The van der Waals surface area contributed by atoms with Crippen molar-refractivity contribution in [1.29, 1.82) is 0 Å². The maximum absolute atomic E-state index is 10.8. The summed E-state index contributed by atoms with van der Waals surface area (Å²) in [7, 11) is 3.56. The second kappa shape index (κ2) is 5.31. The molecule has 0 atom stereocenters. The molecule has 1 amide bonds. The Kier molecular flexibility index (Phi) is 4.05. The Morgan fingerprint density at radius 1 is 1.60 bits per heavy atom. The maximum atomic E-state index is 10.8. The number of methoxy groups -OCH3 is 1. The zero-order valence-corrected chi connectivity index (χ0v) is 8.93. The van der Waals surface area contributed by atoms with E-state index in [2.05, 4.69) is 4.98 Å². The van der Waals surface area contributed by atoms with Crippen molar-refractivity contribution in [3.05, 3.63) is 23.9 Å².